The van der Waals surface area contributed by atoms with Crippen LogP contribution in [0.15, 0.2) is 42.5 Å². The van der Waals surface area contributed by atoms with Gasteiger partial charge in [-0.15, -0.1) is 0 Å². The second-order valence-corrected chi connectivity index (χ2v) is 6.95. The number of nitrogens with zero attached hydrogens (tertiary/aromatic N) is 2. The van der Waals surface area contributed by atoms with E-state index in [4.69, 9.17) is 0 Å². The van der Waals surface area contributed by atoms with E-state index < -0.39 is 0 Å². The van der Waals surface area contributed by atoms with Crippen LogP contribution in [0.2, 0.25) is 0 Å². The summed E-state index contributed by atoms with van der Waals surface area (Å²) in [4.78, 5) is 15.3. The topological polar surface area (TPSA) is 49.0 Å². The van der Waals surface area contributed by atoms with Gasteiger partial charge in [0.2, 0.25) is 0 Å². The zero-order chi connectivity index (χ0) is 16.3. The molecule has 6 rings (SSSR count). The third-order valence-corrected chi connectivity index (χ3v) is 5.64. The van der Waals surface area contributed by atoms with Crippen LogP contribution in [0.4, 0.5) is 0 Å². The van der Waals surface area contributed by atoms with Gasteiger partial charge in [0.05, 0.1) is 11.6 Å². The Labute approximate surface area is 140 Å². The smallest absolute Gasteiger partial charge is 0.273 e. The molecule has 1 aromatic heterocycles. The molecule has 1 amide bonds. The number of amides is 1. The van der Waals surface area contributed by atoms with Crippen molar-refractivity contribution >= 4 is 16.8 Å². The SMILES string of the molecule is Cc1cccc2c(C(=O)N3C[C@@H]4CC[C@H]3c3ccccc34)[nH]nc12. The number of nitrogens with one attached hydrogen (secondary N) is 1. The van der Waals surface area contributed by atoms with E-state index in [0.29, 0.717) is 11.6 Å². The molecule has 2 aromatic carbocycles. The third-order valence-electron chi connectivity index (χ3n) is 5.64. The van der Waals surface area contributed by atoms with Crippen molar-refractivity contribution in [2.45, 2.75) is 31.7 Å². The van der Waals surface area contributed by atoms with Gasteiger partial charge in [0, 0.05) is 17.8 Å². The zero-order valence-electron chi connectivity index (χ0n) is 13.6. The predicted molar refractivity (Wildman–Crippen MR) is 93.0 cm³/mol. The predicted octanol–water partition coefficient (Wildman–Crippen LogP) is 3.95. The van der Waals surface area contributed by atoms with Gasteiger partial charge in [-0.1, -0.05) is 42.5 Å². The summed E-state index contributed by atoms with van der Waals surface area (Å²) in [5.41, 5.74) is 5.37. The number of aromatic nitrogens is 2. The third kappa shape index (κ3) is 1.80. The first-order chi connectivity index (χ1) is 11.7. The maximum absolute atomic E-state index is 13.2. The molecule has 24 heavy (non-hydrogen) atoms. The van der Waals surface area contributed by atoms with Crippen molar-refractivity contribution in [3.8, 4) is 0 Å². The van der Waals surface area contributed by atoms with E-state index in [-0.39, 0.29) is 11.9 Å². The summed E-state index contributed by atoms with van der Waals surface area (Å²) in [5, 5.41) is 8.29. The zero-order valence-corrected chi connectivity index (χ0v) is 13.6. The van der Waals surface area contributed by atoms with Gasteiger partial charge in [0.1, 0.15) is 5.69 Å². The molecule has 2 atom stereocenters. The summed E-state index contributed by atoms with van der Waals surface area (Å²) >= 11 is 0. The maximum Gasteiger partial charge on any atom is 0.273 e. The Balaban J connectivity index is 1.58. The number of hydrogen-bond donors (Lipinski definition) is 1. The lowest BCUT2D eigenvalue weighted by Crippen LogP contribution is -2.45. The van der Waals surface area contributed by atoms with Crippen molar-refractivity contribution in [3.05, 3.63) is 64.8 Å². The summed E-state index contributed by atoms with van der Waals surface area (Å²) in [6.45, 7) is 2.84. The molecule has 3 heterocycles. The average molecular weight is 317 g/mol. The number of hydrogen-bond acceptors (Lipinski definition) is 2. The lowest BCUT2D eigenvalue weighted by Gasteiger charge is -2.46. The molecule has 0 radical (unpaired) electrons. The summed E-state index contributed by atoms with van der Waals surface area (Å²) in [5.74, 6) is 0.540. The van der Waals surface area contributed by atoms with E-state index in [1.807, 2.05) is 30.0 Å². The lowest BCUT2D eigenvalue weighted by molar-refractivity contribution is 0.0537. The molecule has 0 spiro atoms. The fourth-order valence-corrected chi connectivity index (χ4v) is 4.45. The Morgan fingerprint density at radius 1 is 1.12 bits per heavy atom. The molecule has 120 valence electrons. The number of piperidine rings is 1. The number of carbonyl (C=O) groups is 1. The van der Waals surface area contributed by atoms with Crippen LogP contribution in [0.1, 0.15) is 52.0 Å². The minimum Gasteiger partial charge on any atom is -0.330 e. The summed E-state index contributed by atoms with van der Waals surface area (Å²) in [7, 11) is 0. The highest BCUT2D eigenvalue weighted by molar-refractivity contribution is 6.05. The number of rotatable bonds is 1. The molecule has 1 N–H and O–H groups in total. The van der Waals surface area contributed by atoms with Crippen LogP contribution in [-0.4, -0.2) is 27.5 Å². The quantitative estimate of drug-likeness (QED) is 0.739. The van der Waals surface area contributed by atoms with E-state index >= 15 is 0 Å². The van der Waals surface area contributed by atoms with Crippen molar-refractivity contribution in [2.24, 2.45) is 0 Å². The van der Waals surface area contributed by atoms with E-state index in [1.54, 1.807) is 0 Å². The molecule has 4 heteroatoms. The van der Waals surface area contributed by atoms with Crippen LogP contribution in [0, 0.1) is 6.92 Å². The van der Waals surface area contributed by atoms with Gasteiger partial charge < -0.3 is 4.90 Å². The molecular weight excluding hydrogens is 298 g/mol. The monoisotopic (exact) mass is 317 g/mol. The van der Waals surface area contributed by atoms with E-state index in [0.717, 1.165) is 29.4 Å². The van der Waals surface area contributed by atoms with Crippen LogP contribution in [-0.2, 0) is 0 Å². The van der Waals surface area contributed by atoms with Crippen LogP contribution in [0.3, 0.4) is 0 Å². The number of carbonyl (C=O) groups excluding carboxylic acids is 1. The molecule has 3 aromatic rings. The average Bonchev–Trinajstić information content (AvgIpc) is 3.07. The second-order valence-electron chi connectivity index (χ2n) is 6.95. The molecule has 3 aliphatic rings. The Morgan fingerprint density at radius 3 is 2.83 bits per heavy atom. The van der Waals surface area contributed by atoms with Crippen LogP contribution >= 0.6 is 0 Å². The number of aryl methyl sites for hydroxylation is 1. The van der Waals surface area contributed by atoms with Crippen molar-refractivity contribution in [3.63, 3.8) is 0 Å². The molecule has 0 unspecified atom stereocenters. The molecule has 4 nitrogen and oxygen atoms in total. The summed E-state index contributed by atoms with van der Waals surface area (Å²) in [6.07, 6.45) is 2.23. The van der Waals surface area contributed by atoms with Gasteiger partial charge in [-0.05, 0) is 36.5 Å². The molecule has 1 fully saturated rings. The first kappa shape index (κ1) is 13.8. The molecule has 2 aliphatic heterocycles. The minimum absolute atomic E-state index is 0.0762. The van der Waals surface area contributed by atoms with E-state index in [9.17, 15) is 4.79 Å². The van der Waals surface area contributed by atoms with Gasteiger partial charge in [-0.25, -0.2) is 0 Å². The van der Waals surface area contributed by atoms with Gasteiger partial charge in [-0.3, -0.25) is 9.89 Å². The summed E-state index contributed by atoms with van der Waals surface area (Å²) in [6, 6.07) is 14.8. The minimum atomic E-state index is 0.0762. The van der Waals surface area contributed by atoms with E-state index in [1.165, 1.54) is 17.5 Å². The number of aromatic amines is 1. The highest BCUT2D eigenvalue weighted by Crippen LogP contribution is 2.47. The van der Waals surface area contributed by atoms with Crippen molar-refractivity contribution < 1.29 is 4.79 Å². The molecule has 1 aliphatic carbocycles. The Morgan fingerprint density at radius 2 is 1.96 bits per heavy atom. The van der Waals surface area contributed by atoms with Gasteiger partial charge in [0.15, 0.2) is 0 Å². The Bertz CT molecular complexity index is 958. The lowest BCUT2D eigenvalue weighted by atomic mass is 9.75. The number of H-pyrrole nitrogens is 1. The van der Waals surface area contributed by atoms with Gasteiger partial charge >= 0.3 is 0 Å². The van der Waals surface area contributed by atoms with Crippen molar-refractivity contribution in [1.82, 2.24) is 15.1 Å². The highest BCUT2D eigenvalue weighted by Gasteiger charge is 2.41. The normalized spacial score (nSPS) is 22.0. The standard InChI is InChI=1S/C20H19N3O/c1-12-5-4-8-16-18(12)21-22-19(16)20(24)23-11-13-9-10-17(23)15-7-3-2-6-14(13)15/h2-8,13,17H,9-11H2,1H3,(H,21,22)/t13-,17-/m0/s1. The summed E-state index contributed by atoms with van der Waals surface area (Å²) < 4.78 is 0. The van der Waals surface area contributed by atoms with E-state index in [2.05, 4.69) is 34.5 Å². The van der Waals surface area contributed by atoms with Crippen molar-refractivity contribution in [1.29, 1.82) is 0 Å². The van der Waals surface area contributed by atoms with Crippen LogP contribution in [0.25, 0.3) is 10.9 Å². The Kier molecular flexibility index (Phi) is 2.84. The fourth-order valence-electron chi connectivity index (χ4n) is 4.45. The molecule has 1 saturated heterocycles. The molecule has 2 bridgehead atoms. The number of benzene rings is 2. The Hall–Kier alpha value is -2.62. The molecular formula is C20H19N3O. The van der Waals surface area contributed by atoms with Crippen LogP contribution < -0.4 is 0 Å². The first-order valence-corrected chi connectivity index (χ1v) is 8.57. The number of para-hydroxylation sites is 1. The fraction of sp³-hybridized carbons (Fsp3) is 0.300. The van der Waals surface area contributed by atoms with Crippen molar-refractivity contribution in [2.75, 3.05) is 6.54 Å². The van der Waals surface area contributed by atoms with Gasteiger partial charge in [0.25, 0.3) is 5.91 Å². The second kappa shape index (κ2) is 4.94. The first-order valence-electron chi connectivity index (χ1n) is 8.57. The molecule has 0 saturated carbocycles. The largest absolute Gasteiger partial charge is 0.330 e. The van der Waals surface area contributed by atoms with Gasteiger partial charge in [-0.2, -0.15) is 5.10 Å². The maximum atomic E-state index is 13.2. The number of fused-ring (bicyclic) bond motifs is 3. The van der Waals surface area contributed by atoms with Crippen LogP contribution in [0.5, 0.6) is 0 Å². The highest BCUT2D eigenvalue weighted by atomic mass is 16.2.